The van der Waals surface area contributed by atoms with Gasteiger partial charge in [0.15, 0.2) is 0 Å². The first-order valence-corrected chi connectivity index (χ1v) is 7.40. The summed E-state index contributed by atoms with van der Waals surface area (Å²) in [5.41, 5.74) is 1.34. The van der Waals surface area contributed by atoms with E-state index in [1.165, 1.54) is 17.7 Å². The molecule has 0 heterocycles. The third-order valence-electron chi connectivity index (χ3n) is 2.32. The molecule has 0 fully saturated rings. The Labute approximate surface area is 105 Å². The van der Waals surface area contributed by atoms with Crippen molar-refractivity contribution in [3.05, 3.63) is 34.3 Å². The summed E-state index contributed by atoms with van der Waals surface area (Å²) in [4.78, 5) is 0. The lowest BCUT2D eigenvalue weighted by Gasteiger charge is -2.14. The molecule has 0 saturated heterocycles. The number of benzene rings is 1. The van der Waals surface area contributed by atoms with Crippen LogP contribution in [0.3, 0.4) is 0 Å². The fourth-order valence-electron chi connectivity index (χ4n) is 1.43. The standard InChI is InChI=1S/C12H18BrNS/c1-10(14-7-4-8-15-2)11-5-3-6-12(13)9-11/h3,5-6,9-10,14H,4,7-8H2,1-2H3. The van der Waals surface area contributed by atoms with Gasteiger partial charge in [0, 0.05) is 10.5 Å². The molecule has 0 radical (unpaired) electrons. The highest BCUT2D eigenvalue weighted by atomic mass is 79.9. The van der Waals surface area contributed by atoms with Gasteiger partial charge in [-0.3, -0.25) is 0 Å². The molecule has 0 aromatic heterocycles. The highest BCUT2D eigenvalue weighted by molar-refractivity contribution is 9.10. The number of hydrogen-bond donors (Lipinski definition) is 1. The Kier molecular flexibility index (Phi) is 6.37. The molecule has 0 aliphatic rings. The zero-order valence-electron chi connectivity index (χ0n) is 9.29. The van der Waals surface area contributed by atoms with Gasteiger partial charge in [-0.25, -0.2) is 0 Å². The van der Waals surface area contributed by atoms with Crippen molar-refractivity contribution in [2.45, 2.75) is 19.4 Å². The highest BCUT2D eigenvalue weighted by Crippen LogP contribution is 2.17. The number of nitrogens with one attached hydrogen (secondary N) is 1. The molecule has 1 aromatic rings. The Morgan fingerprint density at radius 1 is 1.47 bits per heavy atom. The molecule has 84 valence electrons. The average molecular weight is 288 g/mol. The van der Waals surface area contributed by atoms with Gasteiger partial charge in [0.1, 0.15) is 0 Å². The molecule has 1 atom stereocenters. The average Bonchev–Trinajstić information content (AvgIpc) is 2.24. The van der Waals surface area contributed by atoms with Crippen LogP contribution in [0.1, 0.15) is 24.9 Å². The van der Waals surface area contributed by atoms with Crippen LogP contribution in [0.4, 0.5) is 0 Å². The van der Waals surface area contributed by atoms with Gasteiger partial charge in [-0.2, -0.15) is 11.8 Å². The Balaban J connectivity index is 2.36. The third-order valence-corrected chi connectivity index (χ3v) is 3.51. The number of thioether (sulfide) groups is 1. The molecule has 0 aliphatic heterocycles. The largest absolute Gasteiger partial charge is 0.310 e. The van der Waals surface area contributed by atoms with Crippen molar-refractivity contribution in [1.82, 2.24) is 5.32 Å². The summed E-state index contributed by atoms with van der Waals surface area (Å²) in [6.45, 7) is 3.30. The van der Waals surface area contributed by atoms with Gasteiger partial charge in [-0.1, -0.05) is 28.1 Å². The minimum absolute atomic E-state index is 0.435. The van der Waals surface area contributed by atoms with E-state index in [4.69, 9.17) is 0 Å². The number of hydrogen-bond acceptors (Lipinski definition) is 2. The molecule has 3 heteroatoms. The maximum atomic E-state index is 3.53. The van der Waals surface area contributed by atoms with Crippen LogP contribution in [0, 0.1) is 0 Å². The normalized spacial score (nSPS) is 12.7. The monoisotopic (exact) mass is 287 g/mol. The van der Waals surface area contributed by atoms with Crippen molar-refractivity contribution < 1.29 is 0 Å². The summed E-state index contributed by atoms with van der Waals surface area (Å²) >= 11 is 5.40. The molecule has 1 N–H and O–H groups in total. The number of rotatable bonds is 6. The molecule has 0 spiro atoms. The molecule has 15 heavy (non-hydrogen) atoms. The minimum Gasteiger partial charge on any atom is -0.310 e. The maximum Gasteiger partial charge on any atom is 0.0292 e. The molecule has 1 nitrogen and oxygen atoms in total. The molecule has 0 saturated carbocycles. The fourth-order valence-corrected chi connectivity index (χ4v) is 2.28. The summed E-state index contributed by atoms with van der Waals surface area (Å²) in [7, 11) is 0. The zero-order chi connectivity index (χ0) is 11.1. The first kappa shape index (κ1) is 13.1. The predicted octanol–water partition coefficient (Wildman–Crippen LogP) is 3.85. The van der Waals surface area contributed by atoms with Gasteiger partial charge in [0.2, 0.25) is 0 Å². The zero-order valence-corrected chi connectivity index (χ0v) is 11.7. The van der Waals surface area contributed by atoms with Gasteiger partial charge in [0.05, 0.1) is 0 Å². The van der Waals surface area contributed by atoms with E-state index in [1.807, 2.05) is 11.8 Å². The highest BCUT2D eigenvalue weighted by Gasteiger charge is 2.03. The van der Waals surface area contributed by atoms with E-state index in [9.17, 15) is 0 Å². The van der Waals surface area contributed by atoms with Crippen molar-refractivity contribution >= 4 is 27.7 Å². The van der Waals surface area contributed by atoms with Crippen molar-refractivity contribution in [2.75, 3.05) is 18.6 Å². The van der Waals surface area contributed by atoms with E-state index in [0.717, 1.165) is 11.0 Å². The molecule has 1 rings (SSSR count). The second-order valence-electron chi connectivity index (χ2n) is 3.58. The van der Waals surface area contributed by atoms with Crippen molar-refractivity contribution in [3.63, 3.8) is 0 Å². The molecular formula is C12H18BrNS. The van der Waals surface area contributed by atoms with Gasteiger partial charge in [0.25, 0.3) is 0 Å². The van der Waals surface area contributed by atoms with Crippen LogP contribution in [0.25, 0.3) is 0 Å². The Bertz CT molecular complexity index is 291. The Morgan fingerprint density at radius 2 is 2.27 bits per heavy atom. The van der Waals surface area contributed by atoms with Crippen LogP contribution in [0.5, 0.6) is 0 Å². The molecule has 1 unspecified atom stereocenters. The SMILES string of the molecule is CSCCCNC(C)c1cccc(Br)c1. The molecule has 0 amide bonds. The summed E-state index contributed by atoms with van der Waals surface area (Å²) in [6.07, 6.45) is 3.39. The van der Waals surface area contributed by atoms with Crippen molar-refractivity contribution in [2.24, 2.45) is 0 Å². The summed E-state index contributed by atoms with van der Waals surface area (Å²) in [6, 6.07) is 8.91. The third kappa shape index (κ3) is 5.05. The van der Waals surface area contributed by atoms with Crippen LogP contribution in [0.2, 0.25) is 0 Å². The van der Waals surface area contributed by atoms with Gasteiger partial charge in [-0.15, -0.1) is 0 Å². The molecule has 0 bridgehead atoms. The summed E-state index contributed by atoms with van der Waals surface area (Å²) in [5.74, 6) is 1.23. The van der Waals surface area contributed by atoms with Crippen LogP contribution >= 0.6 is 27.7 Å². The number of halogens is 1. The molecule has 1 aromatic carbocycles. The van der Waals surface area contributed by atoms with Gasteiger partial charge >= 0.3 is 0 Å². The lowest BCUT2D eigenvalue weighted by molar-refractivity contribution is 0.572. The maximum absolute atomic E-state index is 3.53. The van der Waals surface area contributed by atoms with Gasteiger partial charge in [-0.05, 0) is 49.6 Å². The van der Waals surface area contributed by atoms with E-state index in [1.54, 1.807) is 0 Å². The first-order valence-electron chi connectivity index (χ1n) is 5.22. The van der Waals surface area contributed by atoms with E-state index >= 15 is 0 Å². The fraction of sp³-hybridized carbons (Fsp3) is 0.500. The Hall–Kier alpha value is 0.01000. The lowest BCUT2D eigenvalue weighted by Crippen LogP contribution is -2.20. The van der Waals surface area contributed by atoms with Gasteiger partial charge < -0.3 is 5.32 Å². The second kappa shape index (κ2) is 7.31. The Morgan fingerprint density at radius 3 is 2.93 bits per heavy atom. The van der Waals surface area contributed by atoms with Crippen LogP contribution in [0.15, 0.2) is 28.7 Å². The van der Waals surface area contributed by atoms with Crippen LogP contribution in [-0.2, 0) is 0 Å². The van der Waals surface area contributed by atoms with E-state index in [-0.39, 0.29) is 0 Å². The lowest BCUT2D eigenvalue weighted by atomic mass is 10.1. The molecule has 0 aliphatic carbocycles. The van der Waals surface area contributed by atoms with Crippen LogP contribution < -0.4 is 5.32 Å². The van der Waals surface area contributed by atoms with E-state index < -0.39 is 0 Å². The minimum atomic E-state index is 0.435. The van der Waals surface area contributed by atoms with E-state index in [2.05, 4.69) is 58.7 Å². The van der Waals surface area contributed by atoms with Crippen molar-refractivity contribution in [1.29, 1.82) is 0 Å². The first-order chi connectivity index (χ1) is 7.24. The second-order valence-corrected chi connectivity index (χ2v) is 5.48. The topological polar surface area (TPSA) is 12.0 Å². The summed E-state index contributed by atoms with van der Waals surface area (Å²) in [5, 5.41) is 3.53. The quantitative estimate of drug-likeness (QED) is 0.798. The van der Waals surface area contributed by atoms with Crippen molar-refractivity contribution in [3.8, 4) is 0 Å². The van der Waals surface area contributed by atoms with E-state index in [0.29, 0.717) is 6.04 Å². The molecular weight excluding hydrogens is 270 g/mol. The van der Waals surface area contributed by atoms with Crippen LogP contribution in [-0.4, -0.2) is 18.6 Å². The smallest absolute Gasteiger partial charge is 0.0292 e. The summed E-state index contributed by atoms with van der Waals surface area (Å²) < 4.78 is 1.15. The predicted molar refractivity (Wildman–Crippen MR) is 73.6 cm³/mol.